The van der Waals surface area contributed by atoms with Crippen molar-refractivity contribution >= 4 is 5.91 Å². The minimum atomic E-state index is -0.110. The Bertz CT molecular complexity index is 793. The number of amides is 1. The van der Waals surface area contributed by atoms with Crippen LogP contribution in [0.5, 0.6) is 6.01 Å². The molecule has 0 radical (unpaired) electrons. The molecule has 0 N–H and O–H groups in total. The van der Waals surface area contributed by atoms with Crippen LogP contribution in [0.3, 0.4) is 0 Å². The van der Waals surface area contributed by atoms with Crippen LogP contribution in [0, 0.1) is 25.7 Å². The molecule has 0 unspecified atom stereocenters. The summed E-state index contributed by atoms with van der Waals surface area (Å²) >= 11 is 0. The van der Waals surface area contributed by atoms with Crippen LogP contribution in [0.1, 0.15) is 28.4 Å². The molecule has 2 aliphatic rings. The summed E-state index contributed by atoms with van der Waals surface area (Å²) in [4.78, 5) is 26.7. The van der Waals surface area contributed by atoms with E-state index < -0.39 is 0 Å². The molecule has 1 amide bonds. The molecule has 2 aromatic rings. The van der Waals surface area contributed by atoms with Crippen LogP contribution in [-0.4, -0.2) is 58.2 Å². The van der Waals surface area contributed by atoms with Crippen molar-refractivity contribution < 1.29 is 18.7 Å². The first-order valence-electron chi connectivity index (χ1n) is 8.85. The fourth-order valence-electron chi connectivity index (χ4n) is 3.71. The van der Waals surface area contributed by atoms with Crippen LogP contribution in [0.15, 0.2) is 23.1 Å². The van der Waals surface area contributed by atoms with Gasteiger partial charge in [0, 0.05) is 30.9 Å². The number of carbonyl (C=O) groups excluding carboxylic acids is 1. The Hall–Kier alpha value is -2.48. The molecule has 4 rings (SSSR count). The zero-order chi connectivity index (χ0) is 18.1. The summed E-state index contributed by atoms with van der Waals surface area (Å²) in [6.07, 6.45) is 3.94. The zero-order valence-electron chi connectivity index (χ0n) is 14.9. The summed E-state index contributed by atoms with van der Waals surface area (Å²) in [7, 11) is 0. The van der Waals surface area contributed by atoms with E-state index in [2.05, 4.69) is 15.0 Å². The van der Waals surface area contributed by atoms with E-state index in [1.54, 1.807) is 18.0 Å². The van der Waals surface area contributed by atoms with Crippen molar-refractivity contribution in [2.24, 2.45) is 11.8 Å². The molecule has 0 bridgehead atoms. The van der Waals surface area contributed by atoms with Crippen molar-refractivity contribution in [2.75, 3.05) is 26.3 Å². The Labute approximate surface area is 151 Å². The van der Waals surface area contributed by atoms with Gasteiger partial charge in [0.2, 0.25) is 5.76 Å². The highest BCUT2D eigenvalue weighted by Gasteiger charge is 2.45. The number of ether oxygens (including phenoxy) is 2. The standard InChI is InChI=1S/C18H22N4O4/c1-11-3-5-19-18(21-11)24-6-4-13-9-25-15-8-22(7-14(13)15)17(23)16-12(2)20-10-26-16/h3,5,10,13-15H,4,6-9H2,1-2H3/t13-,14-,15-/m1/s1. The van der Waals surface area contributed by atoms with E-state index in [1.165, 1.54) is 6.39 Å². The summed E-state index contributed by atoms with van der Waals surface area (Å²) in [5, 5.41) is 0. The molecule has 0 aromatic carbocycles. The van der Waals surface area contributed by atoms with Gasteiger partial charge in [-0.05, 0) is 32.3 Å². The third-order valence-corrected chi connectivity index (χ3v) is 5.16. The lowest BCUT2D eigenvalue weighted by Gasteiger charge is -2.19. The van der Waals surface area contributed by atoms with Gasteiger partial charge in [-0.15, -0.1) is 0 Å². The van der Waals surface area contributed by atoms with Crippen LogP contribution in [0.25, 0.3) is 0 Å². The van der Waals surface area contributed by atoms with E-state index >= 15 is 0 Å². The molecule has 8 nitrogen and oxygen atoms in total. The van der Waals surface area contributed by atoms with Gasteiger partial charge >= 0.3 is 6.01 Å². The van der Waals surface area contributed by atoms with Crippen molar-refractivity contribution in [1.29, 1.82) is 0 Å². The number of rotatable bonds is 5. The highest BCUT2D eigenvalue weighted by Crippen LogP contribution is 2.36. The first-order valence-corrected chi connectivity index (χ1v) is 8.85. The normalized spacial score (nSPS) is 24.7. The number of nitrogens with zero attached hydrogens (tertiary/aromatic N) is 4. The van der Waals surface area contributed by atoms with E-state index in [0.717, 1.165) is 12.1 Å². The summed E-state index contributed by atoms with van der Waals surface area (Å²) < 4.78 is 16.8. The number of aryl methyl sites for hydroxylation is 2. The van der Waals surface area contributed by atoms with Crippen molar-refractivity contribution in [3.63, 3.8) is 0 Å². The number of hydrogen-bond donors (Lipinski definition) is 0. The molecular weight excluding hydrogens is 336 g/mol. The number of carbonyl (C=O) groups is 1. The largest absolute Gasteiger partial charge is 0.463 e. The van der Waals surface area contributed by atoms with Gasteiger partial charge in [0.25, 0.3) is 5.91 Å². The van der Waals surface area contributed by atoms with Gasteiger partial charge in [0.15, 0.2) is 6.39 Å². The maximum atomic E-state index is 12.6. The molecule has 4 heterocycles. The average molecular weight is 358 g/mol. The zero-order valence-corrected chi connectivity index (χ0v) is 14.9. The van der Waals surface area contributed by atoms with Gasteiger partial charge in [-0.25, -0.2) is 15.0 Å². The van der Waals surface area contributed by atoms with E-state index in [9.17, 15) is 4.79 Å². The highest BCUT2D eigenvalue weighted by atomic mass is 16.5. The smallest absolute Gasteiger partial charge is 0.316 e. The summed E-state index contributed by atoms with van der Waals surface area (Å²) in [6.45, 7) is 6.20. The monoisotopic (exact) mass is 358 g/mol. The minimum Gasteiger partial charge on any atom is -0.463 e. The van der Waals surface area contributed by atoms with Crippen molar-refractivity contribution in [3.8, 4) is 6.01 Å². The van der Waals surface area contributed by atoms with Gasteiger partial charge in [-0.1, -0.05) is 0 Å². The summed E-state index contributed by atoms with van der Waals surface area (Å²) in [5.74, 6) is 0.894. The van der Waals surface area contributed by atoms with Gasteiger partial charge in [0.05, 0.1) is 25.0 Å². The summed E-state index contributed by atoms with van der Waals surface area (Å²) in [5.41, 5.74) is 1.50. The third kappa shape index (κ3) is 3.29. The molecule has 3 atom stereocenters. The second-order valence-corrected chi connectivity index (χ2v) is 6.89. The Morgan fingerprint density at radius 3 is 3.00 bits per heavy atom. The molecule has 26 heavy (non-hydrogen) atoms. The lowest BCUT2D eigenvalue weighted by Crippen LogP contribution is -2.31. The molecule has 0 aliphatic carbocycles. The number of aromatic nitrogens is 3. The Morgan fingerprint density at radius 1 is 1.35 bits per heavy atom. The van der Waals surface area contributed by atoms with Crippen molar-refractivity contribution in [1.82, 2.24) is 19.9 Å². The molecule has 2 aliphatic heterocycles. The van der Waals surface area contributed by atoms with Gasteiger partial charge in [-0.2, -0.15) is 0 Å². The van der Waals surface area contributed by atoms with E-state index in [1.807, 2.05) is 13.0 Å². The van der Waals surface area contributed by atoms with E-state index in [4.69, 9.17) is 13.9 Å². The molecule has 8 heteroatoms. The van der Waals surface area contributed by atoms with Gasteiger partial charge < -0.3 is 18.8 Å². The minimum absolute atomic E-state index is 0.0856. The predicted molar refractivity (Wildman–Crippen MR) is 90.7 cm³/mol. The van der Waals surface area contributed by atoms with Crippen molar-refractivity contribution in [3.05, 3.63) is 35.8 Å². The average Bonchev–Trinajstić information content (AvgIpc) is 3.31. The number of hydrogen-bond acceptors (Lipinski definition) is 7. The van der Waals surface area contributed by atoms with Crippen LogP contribution < -0.4 is 4.74 Å². The first kappa shape index (κ1) is 17.0. The molecule has 2 aromatic heterocycles. The highest BCUT2D eigenvalue weighted by molar-refractivity contribution is 5.92. The lowest BCUT2D eigenvalue weighted by molar-refractivity contribution is 0.0645. The SMILES string of the molecule is Cc1ccnc(OCC[C@@H]2CO[C@@H]3CN(C(=O)c4ocnc4C)C[C@H]23)n1. The fourth-order valence-corrected chi connectivity index (χ4v) is 3.71. The second-order valence-electron chi connectivity index (χ2n) is 6.89. The number of fused-ring (bicyclic) bond motifs is 1. The molecule has 0 spiro atoms. The quantitative estimate of drug-likeness (QED) is 0.802. The maximum absolute atomic E-state index is 12.6. The lowest BCUT2D eigenvalue weighted by atomic mass is 9.91. The van der Waals surface area contributed by atoms with Crippen LogP contribution in [-0.2, 0) is 4.74 Å². The Balaban J connectivity index is 1.32. The Kier molecular flexibility index (Phi) is 4.58. The van der Waals surface area contributed by atoms with E-state index in [0.29, 0.717) is 55.6 Å². The molecule has 0 saturated carbocycles. The fraction of sp³-hybridized carbons (Fsp3) is 0.556. The molecule has 138 valence electrons. The number of likely N-dealkylation sites (tertiary alicyclic amines) is 1. The topological polar surface area (TPSA) is 90.6 Å². The van der Waals surface area contributed by atoms with Gasteiger partial charge in [0.1, 0.15) is 0 Å². The van der Waals surface area contributed by atoms with E-state index in [-0.39, 0.29) is 12.0 Å². The molecule has 2 fully saturated rings. The maximum Gasteiger partial charge on any atom is 0.316 e. The van der Waals surface area contributed by atoms with Gasteiger partial charge in [-0.3, -0.25) is 4.79 Å². The third-order valence-electron chi connectivity index (χ3n) is 5.16. The van der Waals surface area contributed by atoms with Crippen LogP contribution in [0.4, 0.5) is 0 Å². The van der Waals surface area contributed by atoms with Crippen molar-refractivity contribution in [2.45, 2.75) is 26.4 Å². The Morgan fingerprint density at radius 2 is 2.23 bits per heavy atom. The summed E-state index contributed by atoms with van der Waals surface area (Å²) in [6, 6.07) is 2.24. The molecular formula is C18H22N4O4. The second kappa shape index (κ2) is 7.03. The van der Waals surface area contributed by atoms with Crippen LogP contribution >= 0.6 is 0 Å². The molecule has 2 saturated heterocycles. The van der Waals surface area contributed by atoms with Crippen LogP contribution in [0.2, 0.25) is 0 Å². The predicted octanol–water partition coefficient (Wildman–Crippen LogP) is 1.64. The number of oxazole rings is 1. The first-order chi connectivity index (χ1) is 12.6.